The first-order valence-electron chi connectivity index (χ1n) is 7.83. The van der Waals surface area contributed by atoms with Crippen molar-refractivity contribution in [2.45, 2.75) is 37.5 Å². The number of piperidine rings is 1. The van der Waals surface area contributed by atoms with Crippen molar-refractivity contribution in [3.05, 3.63) is 0 Å². The smallest absolute Gasteiger partial charge is 0.124 e. The van der Waals surface area contributed by atoms with Crippen LogP contribution < -0.4 is 0 Å². The number of ether oxygens (including phenoxy) is 1. The Morgan fingerprint density at radius 3 is 2.47 bits per heavy atom. The van der Waals surface area contributed by atoms with E-state index in [4.69, 9.17) is 4.74 Å². The minimum absolute atomic E-state index is 0.0424. The highest BCUT2D eigenvalue weighted by atomic mass is 16.5. The molecule has 2 aliphatic heterocycles. The second kappa shape index (κ2) is 5.32. The minimum Gasteiger partial charge on any atom is -0.354 e. The van der Waals surface area contributed by atoms with E-state index in [0.29, 0.717) is 6.10 Å². The van der Waals surface area contributed by atoms with Gasteiger partial charge in [0.25, 0.3) is 0 Å². The highest BCUT2D eigenvalue weighted by Gasteiger charge is 2.46. The summed E-state index contributed by atoms with van der Waals surface area (Å²) in [5.41, 5.74) is 0.0424. The van der Waals surface area contributed by atoms with E-state index in [0.717, 1.165) is 19.0 Å². The first-order valence-corrected chi connectivity index (χ1v) is 7.83. The number of rotatable bonds is 4. The minimum atomic E-state index is 0.0424. The van der Waals surface area contributed by atoms with Gasteiger partial charge < -0.3 is 14.5 Å². The third kappa shape index (κ3) is 3.13. The van der Waals surface area contributed by atoms with Crippen LogP contribution in [0.2, 0.25) is 0 Å². The second-order valence-corrected chi connectivity index (χ2v) is 7.07. The molecule has 1 spiro atoms. The summed E-state index contributed by atoms with van der Waals surface area (Å²) in [7, 11) is 6.51. The normalized spacial score (nSPS) is 32.5. The molecule has 0 bridgehead atoms. The molecule has 1 saturated carbocycles. The molecule has 19 heavy (non-hydrogen) atoms. The number of hydrogen-bond acceptors (Lipinski definition) is 4. The van der Waals surface area contributed by atoms with Crippen LogP contribution in [-0.2, 0) is 4.74 Å². The zero-order valence-electron chi connectivity index (χ0n) is 12.8. The van der Waals surface area contributed by atoms with Crippen LogP contribution in [0.1, 0.15) is 25.7 Å². The van der Waals surface area contributed by atoms with Crippen molar-refractivity contribution in [2.75, 3.05) is 53.9 Å². The SMILES string of the molecule is CN(C)CC1CN(C)C2(CCN(CC3CC3)CC2)O1. The van der Waals surface area contributed by atoms with Gasteiger partial charge in [0.05, 0.1) is 6.10 Å². The van der Waals surface area contributed by atoms with Crippen LogP contribution in [0.25, 0.3) is 0 Å². The summed E-state index contributed by atoms with van der Waals surface area (Å²) in [4.78, 5) is 7.36. The van der Waals surface area contributed by atoms with Gasteiger partial charge in [-0.3, -0.25) is 4.90 Å². The molecule has 0 aromatic rings. The number of hydrogen-bond donors (Lipinski definition) is 0. The monoisotopic (exact) mass is 267 g/mol. The van der Waals surface area contributed by atoms with E-state index in [1.807, 2.05) is 0 Å². The summed E-state index contributed by atoms with van der Waals surface area (Å²) < 4.78 is 6.44. The molecule has 2 saturated heterocycles. The summed E-state index contributed by atoms with van der Waals surface area (Å²) in [6.45, 7) is 5.89. The fourth-order valence-corrected chi connectivity index (χ4v) is 3.66. The molecule has 0 N–H and O–H groups in total. The second-order valence-electron chi connectivity index (χ2n) is 7.07. The lowest BCUT2D eigenvalue weighted by molar-refractivity contribution is -0.132. The van der Waals surface area contributed by atoms with Gasteiger partial charge in [-0.2, -0.15) is 0 Å². The largest absolute Gasteiger partial charge is 0.354 e. The first kappa shape index (κ1) is 13.8. The van der Waals surface area contributed by atoms with Gasteiger partial charge in [-0.1, -0.05) is 0 Å². The molecule has 110 valence electrons. The Kier molecular flexibility index (Phi) is 3.87. The Labute approximate surface area is 117 Å². The Bertz CT molecular complexity index is 309. The maximum Gasteiger partial charge on any atom is 0.124 e. The molecule has 0 aromatic carbocycles. The van der Waals surface area contributed by atoms with Gasteiger partial charge in [0, 0.05) is 45.6 Å². The van der Waals surface area contributed by atoms with Gasteiger partial charge in [0.15, 0.2) is 0 Å². The van der Waals surface area contributed by atoms with E-state index >= 15 is 0 Å². The molecular formula is C15H29N3O. The zero-order chi connectivity index (χ0) is 13.5. The van der Waals surface area contributed by atoms with Crippen molar-refractivity contribution in [3.63, 3.8) is 0 Å². The molecule has 1 unspecified atom stereocenters. The van der Waals surface area contributed by atoms with Crippen molar-refractivity contribution >= 4 is 0 Å². The molecule has 0 aromatic heterocycles. The number of likely N-dealkylation sites (tertiary alicyclic amines) is 1. The average Bonchev–Trinajstić information content (AvgIpc) is 3.10. The third-order valence-electron chi connectivity index (χ3n) is 4.98. The van der Waals surface area contributed by atoms with Gasteiger partial charge >= 0.3 is 0 Å². The Hall–Kier alpha value is -0.160. The maximum atomic E-state index is 6.44. The summed E-state index contributed by atoms with van der Waals surface area (Å²) in [5, 5.41) is 0. The molecular weight excluding hydrogens is 238 g/mol. The Morgan fingerprint density at radius 1 is 1.21 bits per heavy atom. The van der Waals surface area contributed by atoms with Gasteiger partial charge in [0.2, 0.25) is 0 Å². The predicted octanol–water partition coefficient (Wildman–Crippen LogP) is 1.08. The fraction of sp³-hybridized carbons (Fsp3) is 1.00. The van der Waals surface area contributed by atoms with Gasteiger partial charge in [-0.15, -0.1) is 0 Å². The van der Waals surface area contributed by atoms with E-state index in [2.05, 4.69) is 35.8 Å². The van der Waals surface area contributed by atoms with Crippen molar-refractivity contribution in [2.24, 2.45) is 5.92 Å². The van der Waals surface area contributed by atoms with Crippen LogP contribution in [-0.4, -0.2) is 80.4 Å². The molecule has 0 amide bonds. The van der Waals surface area contributed by atoms with E-state index in [-0.39, 0.29) is 5.72 Å². The third-order valence-corrected chi connectivity index (χ3v) is 4.98. The van der Waals surface area contributed by atoms with Crippen LogP contribution in [0.15, 0.2) is 0 Å². The number of nitrogens with zero attached hydrogens (tertiary/aromatic N) is 3. The standard InChI is InChI=1S/C15H29N3O/c1-16(2)11-14-12-17(3)15(19-14)6-8-18(9-7-15)10-13-4-5-13/h13-14H,4-12H2,1-3H3. The highest BCUT2D eigenvalue weighted by molar-refractivity contribution is 4.94. The van der Waals surface area contributed by atoms with Crippen molar-refractivity contribution in [1.82, 2.24) is 14.7 Å². The summed E-state index contributed by atoms with van der Waals surface area (Å²) >= 11 is 0. The molecule has 3 fully saturated rings. The van der Waals surface area contributed by atoms with Gasteiger partial charge in [-0.05, 0) is 39.9 Å². The summed E-state index contributed by atoms with van der Waals surface area (Å²) in [6.07, 6.45) is 5.67. The van der Waals surface area contributed by atoms with Crippen LogP contribution in [0.5, 0.6) is 0 Å². The number of likely N-dealkylation sites (N-methyl/N-ethyl adjacent to an activating group) is 2. The van der Waals surface area contributed by atoms with E-state index < -0.39 is 0 Å². The lowest BCUT2D eigenvalue weighted by Crippen LogP contribution is -2.52. The molecule has 0 radical (unpaired) electrons. The van der Waals surface area contributed by atoms with Crippen molar-refractivity contribution in [1.29, 1.82) is 0 Å². The fourth-order valence-electron chi connectivity index (χ4n) is 3.66. The highest BCUT2D eigenvalue weighted by Crippen LogP contribution is 2.37. The van der Waals surface area contributed by atoms with Crippen LogP contribution in [0.4, 0.5) is 0 Å². The average molecular weight is 267 g/mol. The molecule has 3 rings (SSSR count). The van der Waals surface area contributed by atoms with Crippen LogP contribution >= 0.6 is 0 Å². The van der Waals surface area contributed by atoms with E-state index in [1.54, 1.807) is 0 Å². The topological polar surface area (TPSA) is 19.0 Å². The van der Waals surface area contributed by atoms with Gasteiger partial charge in [0.1, 0.15) is 5.72 Å². The van der Waals surface area contributed by atoms with Crippen LogP contribution in [0, 0.1) is 5.92 Å². The van der Waals surface area contributed by atoms with Crippen LogP contribution in [0.3, 0.4) is 0 Å². The first-order chi connectivity index (χ1) is 9.07. The zero-order valence-corrected chi connectivity index (χ0v) is 12.8. The quantitative estimate of drug-likeness (QED) is 0.759. The lowest BCUT2D eigenvalue weighted by atomic mass is 9.99. The summed E-state index contributed by atoms with van der Waals surface area (Å²) in [5.74, 6) is 1.01. The Morgan fingerprint density at radius 2 is 1.89 bits per heavy atom. The van der Waals surface area contributed by atoms with Gasteiger partial charge in [-0.25, -0.2) is 0 Å². The van der Waals surface area contributed by atoms with Crippen molar-refractivity contribution in [3.8, 4) is 0 Å². The lowest BCUT2D eigenvalue weighted by Gasteiger charge is -2.42. The predicted molar refractivity (Wildman–Crippen MR) is 77.2 cm³/mol. The molecule has 4 heteroatoms. The molecule has 2 heterocycles. The maximum absolute atomic E-state index is 6.44. The molecule has 1 aliphatic carbocycles. The molecule has 1 atom stereocenters. The summed E-state index contributed by atoms with van der Waals surface area (Å²) in [6, 6.07) is 0. The Balaban J connectivity index is 1.53. The van der Waals surface area contributed by atoms with Crippen molar-refractivity contribution < 1.29 is 4.74 Å². The van der Waals surface area contributed by atoms with E-state index in [9.17, 15) is 0 Å². The molecule has 4 nitrogen and oxygen atoms in total. The molecule has 3 aliphatic rings. The van der Waals surface area contributed by atoms with E-state index in [1.165, 1.54) is 45.3 Å².